The topological polar surface area (TPSA) is 20.2 Å². The van der Waals surface area contributed by atoms with Gasteiger partial charge in [0.15, 0.2) is 0 Å². The zero-order valence-corrected chi connectivity index (χ0v) is 13.8. The molecule has 3 aromatic rings. The molecule has 0 aromatic heterocycles. The number of aliphatic hydroxyl groups excluding tert-OH is 1. The van der Waals surface area contributed by atoms with E-state index in [1.54, 1.807) is 18.2 Å². The van der Waals surface area contributed by atoms with Crippen molar-refractivity contribution in [1.82, 2.24) is 0 Å². The zero-order valence-electron chi connectivity index (χ0n) is 12.3. The number of fused-ring (bicyclic) bond motifs is 3. The first-order valence-electron chi connectivity index (χ1n) is 7.47. The Hall–Kier alpha value is -1.80. The Labute approximate surface area is 145 Å². The van der Waals surface area contributed by atoms with Crippen LogP contribution in [-0.4, -0.2) is 5.11 Å². The average Bonchev–Trinajstić information content (AvgIpc) is 2.92. The van der Waals surface area contributed by atoms with Crippen molar-refractivity contribution >= 4 is 23.2 Å². The number of halogens is 2. The standard InChI is InChI=1S/C20H14Cl2O/c21-15-6-8-18(19(22)11-15)20(23)13-5-7-17-14(10-13)9-12-3-1-2-4-16(12)17/h1-8,10-11,20,23H,9H2/t20-/m0/s1. The predicted octanol–water partition coefficient (Wildman–Crippen LogP) is 5.65. The van der Waals surface area contributed by atoms with Gasteiger partial charge in [0.25, 0.3) is 0 Å². The van der Waals surface area contributed by atoms with Crippen LogP contribution in [0.15, 0.2) is 60.7 Å². The number of benzene rings is 3. The lowest BCUT2D eigenvalue weighted by molar-refractivity contribution is 0.220. The van der Waals surface area contributed by atoms with Gasteiger partial charge < -0.3 is 5.11 Å². The molecule has 4 rings (SSSR count). The van der Waals surface area contributed by atoms with Crippen molar-refractivity contribution < 1.29 is 5.11 Å². The maximum atomic E-state index is 10.7. The maximum absolute atomic E-state index is 10.7. The third-order valence-corrected chi connectivity index (χ3v) is 4.95. The summed E-state index contributed by atoms with van der Waals surface area (Å²) in [7, 11) is 0. The van der Waals surface area contributed by atoms with Gasteiger partial charge in [-0.25, -0.2) is 0 Å². The molecular formula is C20H14Cl2O. The summed E-state index contributed by atoms with van der Waals surface area (Å²) in [5, 5.41) is 11.7. The van der Waals surface area contributed by atoms with Gasteiger partial charge in [0.05, 0.1) is 0 Å². The van der Waals surface area contributed by atoms with E-state index in [9.17, 15) is 5.11 Å². The highest BCUT2D eigenvalue weighted by Gasteiger charge is 2.21. The van der Waals surface area contributed by atoms with E-state index >= 15 is 0 Å². The number of hydrogen-bond acceptors (Lipinski definition) is 1. The molecule has 1 nitrogen and oxygen atoms in total. The Balaban J connectivity index is 1.73. The molecule has 3 heteroatoms. The lowest BCUT2D eigenvalue weighted by Crippen LogP contribution is -2.01. The van der Waals surface area contributed by atoms with Gasteiger partial charge in [-0.2, -0.15) is 0 Å². The second-order valence-electron chi connectivity index (χ2n) is 5.82. The number of rotatable bonds is 2. The van der Waals surface area contributed by atoms with Crippen molar-refractivity contribution in [3.8, 4) is 11.1 Å². The van der Waals surface area contributed by atoms with Crippen LogP contribution in [0, 0.1) is 0 Å². The maximum Gasteiger partial charge on any atom is 0.105 e. The molecule has 3 aromatic carbocycles. The minimum atomic E-state index is -0.756. The third kappa shape index (κ3) is 2.55. The second kappa shape index (κ2) is 5.68. The van der Waals surface area contributed by atoms with Crippen LogP contribution >= 0.6 is 23.2 Å². The van der Waals surface area contributed by atoms with E-state index in [0.717, 1.165) is 12.0 Å². The van der Waals surface area contributed by atoms with Crippen molar-refractivity contribution in [1.29, 1.82) is 0 Å². The van der Waals surface area contributed by atoms with E-state index in [-0.39, 0.29) is 0 Å². The minimum Gasteiger partial charge on any atom is -0.384 e. The highest BCUT2D eigenvalue weighted by atomic mass is 35.5. The lowest BCUT2D eigenvalue weighted by atomic mass is 9.97. The Morgan fingerprint density at radius 1 is 0.826 bits per heavy atom. The van der Waals surface area contributed by atoms with E-state index < -0.39 is 6.10 Å². The summed E-state index contributed by atoms with van der Waals surface area (Å²) in [5.74, 6) is 0. The molecule has 0 aliphatic heterocycles. The number of aliphatic hydroxyl groups is 1. The monoisotopic (exact) mass is 340 g/mol. The van der Waals surface area contributed by atoms with Gasteiger partial charge in [0, 0.05) is 15.6 Å². The van der Waals surface area contributed by atoms with Gasteiger partial charge in [-0.3, -0.25) is 0 Å². The van der Waals surface area contributed by atoms with Crippen molar-refractivity contribution in [2.24, 2.45) is 0 Å². The summed E-state index contributed by atoms with van der Waals surface area (Å²) in [6, 6.07) is 19.7. The first-order chi connectivity index (χ1) is 11.1. The quantitative estimate of drug-likeness (QED) is 0.500. The summed E-state index contributed by atoms with van der Waals surface area (Å²) in [6.07, 6.45) is 0.147. The molecule has 0 amide bonds. The van der Waals surface area contributed by atoms with Crippen molar-refractivity contribution in [3.05, 3.63) is 93.0 Å². The number of hydrogen-bond donors (Lipinski definition) is 1. The molecule has 0 saturated heterocycles. The Kier molecular flexibility index (Phi) is 3.65. The van der Waals surface area contributed by atoms with Crippen LogP contribution < -0.4 is 0 Å². The molecule has 0 unspecified atom stereocenters. The van der Waals surface area contributed by atoms with Crippen LogP contribution in [0.2, 0.25) is 10.0 Å². The highest BCUT2D eigenvalue weighted by Crippen LogP contribution is 2.39. The van der Waals surface area contributed by atoms with Gasteiger partial charge in [0.1, 0.15) is 6.10 Å². The smallest absolute Gasteiger partial charge is 0.105 e. The lowest BCUT2D eigenvalue weighted by Gasteiger charge is -2.15. The predicted molar refractivity (Wildman–Crippen MR) is 95.2 cm³/mol. The molecule has 0 spiro atoms. The molecule has 0 bridgehead atoms. The molecular weight excluding hydrogens is 327 g/mol. The molecule has 0 heterocycles. The van der Waals surface area contributed by atoms with E-state index in [1.165, 1.54) is 22.3 Å². The highest BCUT2D eigenvalue weighted by molar-refractivity contribution is 6.35. The first-order valence-corrected chi connectivity index (χ1v) is 8.23. The fourth-order valence-electron chi connectivity index (χ4n) is 3.24. The summed E-state index contributed by atoms with van der Waals surface area (Å²) < 4.78 is 0. The fraction of sp³-hybridized carbons (Fsp3) is 0.100. The second-order valence-corrected chi connectivity index (χ2v) is 6.66. The van der Waals surface area contributed by atoms with E-state index in [0.29, 0.717) is 15.6 Å². The summed E-state index contributed by atoms with van der Waals surface area (Å²) in [5.41, 5.74) is 6.63. The van der Waals surface area contributed by atoms with Gasteiger partial charge in [0.2, 0.25) is 0 Å². The van der Waals surface area contributed by atoms with Crippen LogP contribution in [0.25, 0.3) is 11.1 Å². The molecule has 0 fully saturated rings. The van der Waals surface area contributed by atoms with Gasteiger partial charge in [-0.05, 0) is 46.4 Å². The molecule has 23 heavy (non-hydrogen) atoms. The fourth-order valence-corrected chi connectivity index (χ4v) is 3.75. The molecule has 1 aliphatic carbocycles. The first kappa shape index (κ1) is 14.8. The van der Waals surface area contributed by atoms with Crippen molar-refractivity contribution in [3.63, 3.8) is 0 Å². The Morgan fingerprint density at radius 3 is 2.43 bits per heavy atom. The van der Waals surface area contributed by atoms with Crippen LogP contribution in [-0.2, 0) is 6.42 Å². The van der Waals surface area contributed by atoms with Crippen molar-refractivity contribution in [2.75, 3.05) is 0 Å². The normalized spacial score (nSPS) is 13.5. The van der Waals surface area contributed by atoms with Gasteiger partial charge in [-0.15, -0.1) is 0 Å². The zero-order chi connectivity index (χ0) is 16.0. The Morgan fingerprint density at radius 2 is 1.61 bits per heavy atom. The minimum absolute atomic E-state index is 0.480. The van der Waals surface area contributed by atoms with Crippen LogP contribution in [0.4, 0.5) is 0 Å². The summed E-state index contributed by atoms with van der Waals surface area (Å²) >= 11 is 12.1. The molecule has 0 saturated carbocycles. The SMILES string of the molecule is O[C@@H](c1ccc2c(c1)Cc1ccccc1-2)c1ccc(Cl)cc1Cl. The summed E-state index contributed by atoms with van der Waals surface area (Å²) in [4.78, 5) is 0. The van der Waals surface area contributed by atoms with Crippen LogP contribution in [0.3, 0.4) is 0 Å². The van der Waals surface area contributed by atoms with E-state index in [1.807, 2.05) is 6.07 Å². The van der Waals surface area contributed by atoms with Gasteiger partial charge >= 0.3 is 0 Å². The van der Waals surface area contributed by atoms with Crippen LogP contribution in [0.1, 0.15) is 28.4 Å². The molecule has 1 N–H and O–H groups in total. The largest absolute Gasteiger partial charge is 0.384 e. The average molecular weight is 341 g/mol. The summed E-state index contributed by atoms with van der Waals surface area (Å²) in [6.45, 7) is 0. The van der Waals surface area contributed by atoms with Crippen LogP contribution in [0.5, 0.6) is 0 Å². The van der Waals surface area contributed by atoms with Gasteiger partial charge in [-0.1, -0.05) is 71.7 Å². The van der Waals surface area contributed by atoms with E-state index in [2.05, 4.69) is 36.4 Å². The molecule has 0 radical (unpaired) electrons. The Bertz CT molecular complexity index is 902. The molecule has 114 valence electrons. The molecule has 1 aliphatic rings. The van der Waals surface area contributed by atoms with Crippen molar-refractivity contribution in [2.45, 2.75) is 12.5 Å². The van der Waals surface area contributed by atoms with E-state index in [4.69, 9.17) is 23.2 Å². The third-order valence-electron chi connectivity index (χ3n) is 4.39. The molecule has 1 atom stereocenters.